The monoisotopic (exact) mass is 245 g/mol. The van der Waals surface area contributed by atoms with Crippen molar-refractivity contribution < 1.29 is 23.1 Å². The molecule has 0 radical (unpaired) electrons. The van der Waals surface area contributed by atoms with E-state index in [1.54, 1.807) is 0 Å². The highest BCUT2D eigenvalue weighted by Crippen LogP contribution is 2.38. The smallest absolute Gasteiger partial charge is 0.416 e. The normalized spacial score (nSPS) is 23.5. The second kappa shape index (κ2) is 3.46. The Morgan fingerprint density at radius 3 is 2.59 bits per heavy atom. The molecule has 0 heterocycles. The van der Waals surface area contributed by atoms with Gasteiger partial charge in [-0.25, -0.2) is 4.79 Å². The number of carboxylic acids is 1. The predicted octanol–water partition coefficient (Wildman–Crippen LogP) is 1.89. The molecule has 0 aliphatic heterocycles. The van der Waals surface area contributed by atoms with Crippen LogP contribution in [0, 0.1) is 0 Å². The maximum absolute atomic E-state index is 12.5. The average Bonchev–Trinajstić information content (AvgIpc) is 2.56. The van der Waals surface area contributed by atoms with E-state index < -0.39 is 23.2 Å². The van der Waals surface area contributed by atoms with Gasteiger partial charge in [-0.3, -0.25) is 0 Å². The molecule has 1 aromatic rings. The van der Waals surface area contributed by atoms with E-state index >= 15 is 0 Å². The van der Waals surface area contributed by atoms with E-state index in [1.165, 1.54) is 6.07 Å². The molecular weight excluding hydrogens is 235 g/mol. The summed E-state index contributed by atoms with van der Waals surface area (Å²) in [6.45, 7) is 0. The van der Waals surface area contributed by atoms with Crippen LogP contribution in [0.3, 0.4) is 0 Å². The molecule has 0 spiro atoms. The van der Waals surface area contributed by atoms with E-state index in [0.29, 0.717) is 5.56 Å². The van der Waals surface area contributed by atoms with Crippen molar-refractivity contribution in [1.29, 1.82) is 0 Å². The lowest BCUT2D eigenvalue weighted by atomic mass is 9.92. The number of carbonyl (C=O) groups is 1. The number of carboxylic acid groups (broad SMARTS) is 1. The lowest BCUT2D eigenvalue weighted by molar-refractivity contribution is -0.143. The second-order valence-electron chi connectivity index (χ2n) is 4.15. The molecular formula is C11H10F3NO2. The number of fused-ring (bicyclic) bond motifs is 1. The first-order valence-electron chi connectivity index (χ1n) is 4.98. The van der Waals surface area contributed by atoms with Gasteiger partial charge in [0, 0.05) is 0 Å². The SMILES string of the molecule is NC1(C(=O)O)CCc2cc(C(F)(F)F)ccc21. The molecule has 1 aromatic carbocycles. The van der Waals surface area contributed by atoms with E-state index in [9.17, 15) is 18.0 Å². The highest BCUT2D eigenvalue weighted by Gasteiger charge is 2.43. The molecule has 92 valence electrons. The zero-order chi connectivity index (χ0) is 12.8. The summed E-state index contributed by atoms with van der Waals surface area (Å²) >= 11 is 0. The van der Waals surface area contributed by atoms with Crippen molar-refractivity contribution in [2.24, 2.45) is 5.73 Å². The molecule has 3 nitrogen and oxygen atoms in total. The second-order valence-corrected chi connectivity index (χ2v) is 4.15. The summed E-state index contributed by atoms with van der Waals surface area (Å²) in [6.07, 6.45) is -4.04. The summed E-state index contributed by atoms with van der Waals surface area (Å²) in [4.78, 5) is 11.0. The average molecular weight is 245 g/mol. The number of hydrogen-bond donors (Lipinski definition) is 2. The van der Waals surface area contributed by atoms with Gasteiger partial charge >= 0.3 is 12.1 Å². The Morgan fingerprint density at radius 2 is 2.06 bits per heavy atom. The largest absolute Gasteiger partial charge is 0.480 e. The summed E-state index contributed by atoms with van der Waals surface area (Å²) < 4.78 is 37.4. The molecule has 0 aromatic heterocycles. The minimum absolute atomic E-state index is 0.124. The maximum atomic E-state index is 12.5. The number of alkyl halides is 3. The van der Waals surface area contributed by atoms with Crippen LogP contribution < -0.4 is 5.73 Å². The highest BCUT2D eigenvalue weighted by atomic mass is 19.4. The lowest BCUT2D eigenvalue weighted by Crippen LogP contribution is -2.42. The fraction of sp³-hybridized carbons (Fsp3) is 0.364. The van der Waals surface area contributed by atoms with Crippen LogP contribution in [-0.2, 0) is 22.9 Å². The van der Waals surface area contributed by atoms with Gasteiger partial charge in [-0.1, -0.05) is 6.07 Å². The van der Waals surface area contributed by atoms with Crippen LogP contribution in [0.25, 0.3) is 0 Å². The van der Waals surface area contributed by atoms with Crippen molar-refractivity contribution in [2.75, 3.05) is 0 Å². The highest BCUT2D eigenvalue weighted by molar-refractivity contribution is 5.82. The third-order valence-corrected chi connectivity index (χ3v) is 3.08. The van der Waals surface area contributed by atoms with Crippen molar-refractivity contribution in [2.45, 2.75) is 24.6 Å². The molecule has 2 rings (SSSR count). The standard InChI is InChI=1S/C11H10F3NO2/c12-11(13,14)7-1-2-8-6(5-7)3-4-10(8,15)9(16)17/h1-2,5H,3-4,15H2,(H,16,17). The van der Waals surface area contributed by atoms with E-state index in [4.69, 9.17) is 10.8 Å². The molecule has 0 fully saturated rings. The summed E-state index contributed by atoms with van der Waals surface area (Å²) in [5.41, 5.74) is 4.00. The van der Waals surface area contributed by atoms with Gasteiger partial charge in [-0.2, -0.15) is 13.2 Å². The molecule has 0 saturated heterocycles. The van der Waals surface area contributed by atoms with Crippen molar-refractivity contribution in [3.8, 4) is 0 Å². The van der Waals surface area contributed by atoms with Gasteiger partial charge in [0.1, 0.15) is 5.54 Å². The summed E-state index contributed by atoms with van der Waals surface area (Å²) in [5.74, 6) is -1.21. The van der Waals surface area contributed by atoms with E-state index in [0.717, 1.165) is 12.1 Å². The maximum Gasteiger partial charge on any atom is 0.416 e. The Labute approximate surface area is 95.0 Å². The summed E-state index contributed by atoms with van der Waals surface area (Å²) in [7, 11) is 0. The van der Waals surface area contributed by atoms with Crippen LogP contribution in [0.2, 0.25) is 0 Å². The minimum Gasteiger partial charge on any atom is -0.480 e. The van der Waals surface area contributed by atoms with E-state index in [1.807, 2.05) is 0 Å². The van der Waals surface area contributed by atoms with Crippen LogP contribution in [0.5, 0.6) is 0 Å². The Bertz CT molecular complexity index is 484. The molecule has 0 bridgehead atoms. The van der Waals surface area contributed by atoms with E-state index in [2.05, 4.69) is 0 Å². The molecule has 1 aliphatic rings. The lowest BCUT2D eigenvalue weighted by Gasteiger charge is -2.19. The molecule has 0 amide bonds. The zero-order valence-electron chi connectivity index (χ0n) is 8.71. The molecule has 3 N–H and O–H groups in total. The van der Waals surface area contributed by atoms with Crippen molar-refractivity contribution in [1.82, 2.24) is 0 Å². The number of rotatable bonds is 1. The first kappa shape index (κ1) is 11.9. The Morgan fingerprint density at radius 1 is 1.41 bits per heavy atom. The number of benzene rings is 1. The first-order valence-corrected chi connectivity index (χ1v) is 4.98. The molecule has 1 unspecified atom stereocenters. The van der Waals surface area contributed by atoms with Gasteiger partial charge in [0.05, 0.1) is 5.56 Å². The van der Waals surface area contributed by atoms with Crippen LogP contribution in [0.4, 0.5) is 13.2 Å². The minimum atomic E-state index is -4.42. The predicted molar refractivity (Wildman–Crippen MR) is 53.3 cm³/mol. The number of aliphatic carboxylic acids is 1. The van der Waals surface area contributed by atoms with Crippen molar-refractivity contribution in [3.63, 3.8) is 0 Å². The molecule has 17 heavy (non-hydrogen) atoms. The Hall–Kier alpha value is -1.56. The Balaban J connectivity index is 2.49. The van der Waals surface area contributed by atoms with Crippen molar-refractivity contribution in [3.05, 3.63) is 34.9 Å². The van der Waals surface area contributed by atoms with Gasteiger partial charge in [-0.15, -0.1) is 0 Å². The molecule has 0 saturated carbocycles. The fourth-order valence-electron chi connectivity index (χ4n) is 2.10. The first-order chi connectivity index (χ1) is 7.75. The van der Waals surface area contributed by atoms with Crippen LogP contribution in [0.1, 0.15) is 23.1 Å². The quantitative estimate of drug-likeness (QED) is 0.794. The number of hydrogen-bond acceptors (Lipinski definition) is 2. The van der Waals surface area contributed by atoms with Crippen molar-refractivity contribution >= 4 is 5.97 Å². The fourth-order valence-corrected chi connectivity index (χ4v) is 2.10. The van der Waals surface area contributed by atoms with Gasteiger partial charge in [-0.05, 0) is 36.1 Å². The third-order valence-electron chi connectivity index (χ3n) is 3.08. The summed E-state index contributed by atoms with van der Waals surface area (Å²) in [5, 5.41) is 9.00. The molecule has 1 atom stereocenters. The zero-order valence-corrected chi connectivity index (χ0v) is 8.71. The third kappa shape index (κ3) is 1.78. The summed E-state index contributed by atoms with van der Waals surface area (Å²) in [6, 6.07) is 3.01. The molecule has 6 heteroatoms. The van der Waals surface area contributed by atoms with Crippen LogP contribution >= 0.6 is 0 Å². The number of nitrogens with two attached hydrogens (primary N) is 1. The van der Waals surface area contributed by atoms with Crippen LogP contribution in [0.15, 0.2) is 18.2 Å². The van der Waals surface area contributed by atoms with Crippen LogP contribution in [-0.4, -0.2) is 11.1 Å². The number of halogens is 3. The topological polar surface area (TPSA) is 63.3 Å². The van der Waals surface area contributed by atoms with E-state index in [-0.39, 0.29) is 18.4 Å². The van der Waals surface area contributed by atoms with Gasteiger partial charge in [0.25, 0.3) is 0 Å². The van der Waals surface area contributed by atoms with Gasteiger partial charge in [0.2, 0.25) is 0 Å². The number of aryl methyl sites for hydroxylation is 1. The molecule has 1 aliphatic carbocycles. The van der Waals surface area contributed by atoms with Gasteiger partial charge < -0.3 is 10.8 Å². The Kier molecular flexibility index (Phi) is 2.43. The van der Waals surface area contributed by atoms with Gasteiger partial charge in [0.15, 0.2) is 0 Å².